The van der Waals surface area contributed by atoms with E-state index in [2.05, 4.69) is 26.6 Å². The first-order chi connectivity index (χ1) is 9.65. The van der Waals surface area contributed by atoms with Crippen molar-refractivity contribution in [2.45, 2.75) is 6.42 Å². The van der Waals surface area contributed by atoms with E-state index >= 15 is 0 Å². The summed E-state index contributed by atoms with van der Waals surface area (Å²) in [5, 5.41) is 6.73. The summed E-state index contributed by atoms with van der Waals surface area (Å²) in [6.45, 7) is 0.567. The lowest BCUT2D eigenvalue weighted by molar-refractivity contribution is -0.115. The van der Waals surface area contributed by atoms with E-state index in [1.165, 1.54) is 0 Å². The number of hydrogen-bond acceptors (Lipinski definition) is 2. The Morgan fingerprint density at radius 1 is 1.10 bits per heavy atom. The van der Waals surface area contributed by atoms with Gasteiger partial charge in [0.05, 0.1) is 5.69 Å². The number of anilines is 2. The fourth-order valence-corrected chi connectivity index (χ4v) is 2.17. The van der Waals surface area contributed by atoms with E-state index in [-0.39, 0.29) is 5.91 Å². The summed E-state index contributed by atoms with van der Waals surface area (Å²) in [4.78, 5) is 11.8. The fourth-order valence-electron chi connectivity index (χ4n) is 1.66. The first kappa shape index (κ1) is 14.9. The van der Waals surface area contributed by atoms with Gasteiger partial charge in [0, 0.05) is 28.1 Å². The molecule has 0 spiro atoms. The van der Waals surface area contributed by atoms with Gasteiger partial charge in [-0.2, -0.15) is 0 Å². The maximum Gasteiger partial charge on any atom is 0.226 e. The predicted molar refractivity (Wildman–Crippen MR) is 87.3 cm³/mol. The number of nitrogens with one attached hydrogen (secondary N) is 2. The topological polar surface area (TPSA) is 41.1 Å². The highest BCUT2D eigenvalue weighted by atomic mass is 79.9. The lowest BCUT2D eigenvalue weighted by Gasteiger charge is -2.08. The van der Waals surface area contributed by atoms with Crippen LogP contribution in [0, 0.1) is 0 Å². The number of benzene rings is 2. The molecule has 1 amide bonds. The Kier molecular flexibility index (Phi) is 5.44. The number of hydrogen-bond donors (Lipinski definition) is 2. The first-order valence-corrected chi connectivity index (χ1v) is 7.36. The number of rotatable bonds is 5. The zero-order valence-electron chi connectivity index (χ0n) is 10.7. The third kappa shape index (κ3) is 4.54. The van der Waals surface area contributed by atoms with Crippen LogP contribution in [0.4, 0.5) is 11.4 Å². The minimum atomic E-state index is -0.0293. The van der Waals surface area contributed by atoms with Crippen LogP contribution in [0.3, 0.4) is 0 Å². The molecule has 0 heterocycles. The molecule has 0 atom stereocenters. The Morgan fingerprint density at radius 3 is 2.50 bits per heavy atom. The van der Waals surface area contributed by atoms with Crippen molar-refractivity contribution < 1.29 is 4.79 Å². The van der Waals surface area contributed by atoms with E-state index in [0.717, 1.165) is 15.8 Å². The van der Waals surface area contributed by atoms with Crippen molar-refractivity contribution in [3.05, 3.63) is 58.0 Å². The standard InChI is InChI=1S/C15H14BrClN2O/c16-13-3-1-2-4-14(13)19-15(20)9-10-18-12-7-5-11(17)6-8-12/h1-8,18H,9-10H2,(H,19,20). The number of carbonyl (C=O) groups is 1. The summed E-state index contributed by atoms with van der Waals surface area (Å²) in [5.74, 6) is -0.0293. The minimum Gasteiger partial charge on any atom is -0.385 e. The van der Waals surface area contributed by atoms with Gasteiger partial charge in [0.1, 0.15) is 0 Å². The lowest BCUT2D eigenvalue weighted by Crippen LogP contribution is -2.16. The maximum atomic E-state index is 11.8. The van der Waals surface area contributed by atoms with Crippen molar-refractivity contribution in [2.24, 2.45) is 0 Å². The van der Waals surface area contributed by atoms with Crippen molar-refractivity contribution in [1.82, 2.24) is 0 Å². The van der Waals surface area contributed by atoms with Gasteiger partial charge in [-0.25, -0.2) is 0 Å². The Hall–Kier alpha value is -1.52. The van der Waals surface area contributed by atoms with Gasteiger partial charge >= 0.3 is 0 Å². The molecular weight excluding hydrogens is 340 g/mol. The summed E-state index contributed by atoms with van der Waals surface area (Å²) in [6.07, 6.45) is 0.393. The van der Waals surface area contributed by atoms with Gasteiger partial charge in [-0.15, -0.1) is 0 Å². The van der Waals surface area contributed by atoms with Crippen LogP contribution in [-0.4, -0.2) is 12.5 Å². The molecule has 0 aliphatic heterocycles. The molecule has 2 aromatic rings. The second-order valence-corrected chi connectivity index (χ2v) is 5.50. The van der Waals surface area contributed by atoms with Crippen LogP contribution in [0.25, 0.3) is 0 Å². The average Bonchev–Trinajstić information content (AvgIpc) is 2.44. The van der Waals surface area contributed by atoms with E-state index in [0.29, 0.717) is 18.0 Å². The van der Waals surface area contributed by atoms with Crippen molar-refractivity contribution in [3.8, 4) is 0 Å². The summed E-state index contributed by atoms with van der Waals surface area (Å²) < 4.78 is 0.874. The van der Waals surface area contributed by atoms with E-state index in [9.17, 15) is 4.79 Å². The molecule has 0 saturated heterocycles. The van der Waals surface area contributed by atoms with Gasteiger partial charge in [0.2, 0.25) is 5.91 Å². The second-order valence-electron chi connectivity index (χ2n) is 4.21. The molecule has 104 valence electrons. The SMILES string of the molecule is O=C(CCNc1ccc(Cl)cc1)Nc1ccccc1Br. The molecule has 0 radical (unpaired) electrons. The highest BCUT2D eigenvalue weighted by Crippen LogP contribution is 2.21. The third-order valence-electron chi connectivity index (χ3n) is 2.67. The quantitative estimate of drug-likeness (QED) is 0.828. The van der Waals surface area contributed by atoms with Gasteiger partial charge in [-0.05, 0) is 52.3 Å². The highest BCUT2D eigenvalue weighted by molar-refractivity contribution is 9.10. The smallest absolute Gasteiger partial charge is 0.226 e. The molecule has 2 aromatic carbocycles. The van der Waals surface area contributed by atoms with Crippen LogP contribution in [0.2, 0.25) is 5.02 Å². The van der Waals surface area contributed by atoms with Crippen LogP contribution in [0.1, 0.15) is 6.42 Å². The zero-order chi connectivity index (χ0) is 14.4. The van der Waals surface area contributed by atoms with Gasteiger partial charge in [0.15, 0.2) is 0 Å². The molecule has 20 heavy (non-hydrogen) atoms. The van der Waals surface area contributed by atoms with Crippen molar-refractivity contribution in [2.75, 3.05) is 17.2 Å². The highest BCUT2D eigenvalue weighted by Gasteiger charge is 2.04. The summed E-state index contributed by atoms with van der Waals surface area (Å²) >= 11 is 9.20. The van der Waals surface area contributed by atoms with E-state index in [1.54, 1.807) is 0 Å². The molecule has 2 rings (SSSR count). The molecule has 0 unspecified atom stereocenters. The lowest BCUT2D eigenvalue weighted by atomic mass is 10.3. The fraction of sp³-hybridized carbons (Fsp3) is 0.133. The second kappa shape index (κ2) is 7.31. The first-order valence-electron chi connectivity index (χ1n) is 6.19. The van der Waals surface area contributed by atoms with Crippen molar-refractivity contribution in [3.63, 3.8) is 0 Å². The minimum absolute atomic E-state index is 0.0293. The van der Waals surface area contributed by atoms with Gasteiger partial charge < -0.3 is 10.6 Å². The van der Waals surface area contributed by atoms with Crippen LogP contribution < -0.4 is 10.6 Å². The van der Waals surface area contributed by atoms with Crippen LogP contribution in [0.5, 0.6) is 0 Å². The maximum absolute atomic E-state index is 11.8. The van der Waals surface area contributed by atoms with E-state index < -0.39 is 0 Å². The number of halogens is 2. The zero-order valence-corrected chi connectivity index (χ0v) is 13.0. The Balaban J connectivity index is 1.78. The molecule has 0 aromatic heterocycles. The van der Waals surface area contributed by atoms with Gasteiger partial charge in [0.25, 0.3) is 0 Å². The summed E-state index contributed by atoms with van der Waals surface area (Å²) in [6, 6.07) is 14.9. The number of para-hydroxylation sites is 1. The third-order valence-corrected chi connectivity index (χ3v) is 3.62. The molecule has 0 fully saturated rings. The molecule has 0 bridgehead atoms. The number of carbonyl (C=O) groups excluding carboxylic acids is 1. The van der Waals surface area contributed by atoms with Crippen LogP contribution in [-0.2, 0) is 4.79 Å². The monoisotopic (exact) mass is 352 g/mol. The predicted octanol–water partition coefficient (Wildman–Crippen LogP) is 4.54. The van der Waals surface area contributed by atoms with Crippen molar-refractivity contribution in [1.29, 1.82) is 0 Å². The average molecular weight is 354 g/mol. The van der Waals surface area contributed by atoms with Crippen LogP contribution >= 0.6 is 27.5 Å². The molecule has 0 aliphatic carbocycles. The van der Waals surface area contributed by atoms with E-state index in [4.69, 9.17) is 11.6 Å². The molecule has 0 aliphatic rings. The Labute approximate surface area is 131 Å². The van der Waals surface area contributed by atoms with E-state index in [1.807, 2.05) is 48.5 Å². The molecule has 5 heteroatoms. The van der Waals surface area contributed by atoms with Gasteiger partial charge in [-0.3, -0.25) is 4.79 Å². The largest absolute Gasteiger partial charge is 0.385 e. The molecule has 2 N–H and O–H groups in total. The van der Waals surface area contributed by atoms with Crippen molar-refractivity contribution >= 4 is 44.8 Å². The Bertz CT molecular complexity index is 587. The molecular formula is C15H14BrClN2O. The molecule has 0 saturated carbocycles. The van der Waals surface area contributed by atoms with Gasteiger partial charge in [-0.1, -0.05) is 23.7 Å². The van der Waals surface area contributed by atoms with Crippen LogP contribution in [0.15, 0.2) is 53.0 Å². The number of amides is 1. The summed E-state index contributed by atoms with van der Waals surface area (Å²) in [5.41, 5.74) is 1.73. The summed E-state index contributed by atoms with van der Waals surface area (Å²) in [7, 11) is 0. The normalized spacial score (nSPS) is 10.1. The molecule has 3 nitrogen and oxygen atoms in total. The Morgan fingerprint density at radius 2 is 1.80 bits per heavy atom.